The molecule has 1 rings (SSSR count). The van der Waals surface area contributed by atoms with Crippen molar-refractivity contribution in [2.24, 2.45) is 11.8 Å². The third kappa shape index (κ3) is 2.38. The molecule has 0 nitrogen and oxygen atoms in total. The zero-order chi connectivity index (χ0) is 6.69. The summed E-state index contributed by atoms with van der Waals surface area (Å²) in [5, 5.41) is 0. The highest BCUT2D eigenvalue weighted by atomic mass is 14.2. The maximum Gasteiger partial charge on any atom is -0.0355 e. The Hall–Kier alpha value is 0. The summed E-state index contributed by atoms with van der Waals surface area (Å²) in [6, 6.07) is 0. The molecule has 0 heteroatoms. The quantitative estimate of drug-likeness (QED) is 0.436. The Balaban J connectivity index is 2.25. The molecule has 0 spiro atoms. The van der Waals surface area contributed by atoms with Crippen LogP contribution in [-0.2, 0) is 0 Å². The van der Waals surface area contributed by atoms with Crippen LogP contribution in [0.1, 0.15) is 39.5 Å². The first-order chi connectivity index (χ1) is 4.29. The minimum atomic E-state index is 0.884. The molecule has 0 aromatic rings. The molecule has 2 unspecified atom stereocenters. The Bertz CT molecular complexity index is 66.1. The smallest absolute Gasteiger partial charge is 0.0355 e. The lowest BCUT2D eigenvalue weighted by atomic mass is 10.0. The fraction of sp³-hybridized carbons (Fsp3) is 0.889. The lowest BCUT2D eigenvalue weighted by Gasteiger charge is -2.04. The second-order valence-electron chi connectivity index (χ2n) is 3.48. The second-order valence-corrected chi connectivity index (χ2v) is 3.48. The van der Waals surface area contributed by atoms with Crippen LogP contribution in [-0.4, -0.2) is 0 Å². The Kier molecular flexibility index (Phi) is 2.56. The van der Waals surface area contributed by atoms with Gasteiger partial charge in [0.05, 0.1) is 0 Å². The highest BCUT2D eigenvalue weighted by molar-refractivity contribution is 4.78. The predicted octanol–water partition coefficient (Wildman–Crippen LogP) is 3.04. The third-order valence-electron chi connectivity index (χ3n) is 2.30. The monoisotopic (exact) mass is 125 g/mol. The molecule has 0 aliphatic heterocycles. The van der Waals surface area contributed by atoms with Crippen molar-refractivity contribution in [3.63, 3.8) is 0 Å². The van der Waals surface area contributed by atoms with Gasteiger partial charge in [0.25, 0.3) is 0 Å². The standard InChI is InChI=1S/C9H17/c1-8-4-3-5-9(2)7-6-8/h6,8-9H,3-5,7H2,1-2H3. The predicted molar refractivity (Wildman–Crippen MR) is 41.1 cm³/mol. The first-order valence-electron chi connectivity index (χ1n) is 4.12. The number of rotatable bonds is 0. The average Bonchev–Trinajstić information content (AvgIpc) is 1.97. The summed E-state index contributed by atoms with van der Waals surface area (Å²) in [6.07, 6.45) is 8.14. The van der Waals surface area contributed by atoms with Crippen molar-refractivity contribution >= 4 is 0 Å². The summed E-state index contributed by atoms with van der Waals surface area (Å²) in [7, 11) is 0. The molecule has 1 aliphatic carbocycles. The Morgan fingerprint density at radius 1 is 1.22 bits per heavy atom. The van der Waals surface area contributed by atoms with Gasteiger partial charge in [0.2, 0.25) is 0 Å². The van der Waals surface area contributed by atoms with Crippen molar-refractivity contribution in [2.75, 3.05) is 0 Å². The fourth-order valence-electron chi connectivity index (χ4n) is 1.49. The van der Waals surface area contributed by atoms with E-state index in [0.717, 1.165) is 11.8 Å². The van der Waals surface area contributed by atoms with Gasteiger partial charge in [-0.05, 0) is 24.7 Å². The SMILES string of the molecule is CC1[CH]CC(C)CCC1. The summed E-state index contributed by atoms with van der Waals surface area (Å²) in [5.41, 5.74) is 0. The van der Waals surface area contributed by atoms with E-state index in [4.69, 9.17) is 0 Å². The van der Waals surface area contributed by atoms with Crippen LogP contribution < -0.4 is 0 Å². The van der Waals surface area contributed by atoms with Crippen LogP contribution in [0.15, 0.2) is 0 Å². The summed E-state index contributed by atoms with van der Waals surface area (Å²) in [6.45, 7) is 4.69. The van der Waals surface area contributed by atoms with E-state index in [1.54, 1.807) is 0 Å². The highest BCUT2D eigenvalue weighted by Gasteiger charge is 2.11. The molecule has 9 heavy (non-hydrogen) atoms. The van der Waals surface area contributed by atoms with Gasteiger partial charge in [0, 0.05) is 0 Å². The van der Waals surface area contributed by atoms with Gasteiger partial charge in [0.15, 0.2) is 0 Å². The minimum absolute atomic E-state index is 0.884. The van der Waals surface area contributed by atoms with E-state index in [9.17, 15) is 0 Å². The number of hydrogen-bond acceptors (Lipinski definition) is 0. The lowest BCUT2D eigenvalue weighted by molar-refractivity contribution is 0.528. The van der Waals surface area contributed by atoms with Gasteiger partial charge < -0.3 is 0 Å². The third-order valence-corrected chi connectivity index (χ3v) is 2.30. The normalized spacial score (nSPS) is 38.0. The van der Waals surface area contributed by atoms with Gasteiger partial charge in [-0.25, -0.2) is 0 Å². The van der Waals surface area contributed by atoms with Gasteiger partial charge in [-0.15, -0.1) is 0 Å². The first kappa shape index (κ1) is 7.11. The van der Waals surface area contributed by atoms with Gasteiger partial charge in [-0.2, -0.15) is 0 Å². The zero-order valence-electron chi connectivity index (χ0n) is 6.56. The summed E-state index contributed by atoms with van der Waals surface area (Å²) in [5.74, 6) is 1.84. The summed E-state index contributed by atoms with van der Waals surface area (Å²) >= 11 is 0. The Morgan fingerprint density at radius 2 is 2.00 bits per heavy atom. The minimum Gasteiger partial charge on any atom is -0.0625 e. The molecule has 0 aromatic heterocycles. The number of hydrogen-bond donors (Lipinski definition) is 0. The zero-order valence-corrected chi connectivity index (χ0v) is 6.56. The molecule has 0 heterocycles. The molecule has 1 saturated carbocycles. The van der Waals surface area contributed by atoms with Crippen LogP contribution in [0.25, 0.3) is 0 Å². The highest BCUT2D eigenvalue weighted by Crippen LogP contribution is 2.25. The van der Waals surface area contributed by atoms with Crippen LogP contribution in [0.4, 0.5) is 0 Å². The maximum absolute atomic E-state index is 2.48. The van der Waals surface area contributed by atoms with Gasteiger partial charge in [0.1, 0.15) is 0 Å². The van der Waals surface area contributed by atoms with Crippen molar-refractivity contribution in [2.45, 2.75) is 39.5 Å². The molecule has 2 atom stereocenters. The molecule has 0 bridgehead atoms. The topological polar surface area (TPSA) is 0 Å². The van der Waals surface area contributed by atoms with E-state index >= 15 is 0 Å². The van der Waals surface area contributed by atoms with Crippen LogP contribution in [0.5, 0.6) is 0 Å². The van der Waals surface area contributed by atoms with Crippen molar-refractivity contribution in [3.05, 3.63) is 6.42 Å². The largest absolute Gasteiger partial charge is 0.0625 e. The molecular weight excluding hydrogens is 108 g/mol. The molecule has 1 radical (unpaired) electrons. The van der Waals surface area contributed by atoms with E-state index in [-0.39, 0.29) is 0 Å². The maximum atomic E-state index is 2.48. The van der Waals surface area contributed by atoms with E-state index in [1.807, 2.05) is 0 Å². The fourth-order valence-corrected chi connectivity index (χ4v) is 1.49. The van der Waals surface area contributed by atoms with Crippen LogP contribution in [0.2, 0.25) is 0 Å². The molecule has 0 saturated heterocycles. The average molecular weight is 125 g/mol. The first-order valence-corrected chi connectivity index (χ1v) is 4.12. The molecular formula is C9H17. The lowest BCUT2D eigenvalue weighted by Crippen LogP contribution is -1.93. The van der Waals surface area contributed by atoms with E-state index in [0.29, 0.717) is 0 Å². The summed E-state index contributed by atoms with van der Waals surface area (Å²) in [4.78, 5) is 0. The summed E-state index contributed by atoms with van der Waals surface area (Å²) < 4.78 is 0. The molecule has 1 aliphatic rings. The van der Waals surface area contributed by atoms with Crippen molar-refractivity contribution in [3.8, 4) is 0 Å². The Labute approximate surface area is 58.7 Å². The second kappa shape index (κ2) is 3.24. The molecule has 1 fully saturated rings. The van der Waals surface area contributed by atoms with Crippen molar-refractivity contribution < 1.29 is 0 Å². The molecule has 53 valence electrons. The van der Waals surface area contributed by atoms with E-state index in [2.05, 4.69) is 20.3 Å². The van der Waals surface area contributed by atoms with Crippen molar-refractivity contribution in [1.29, 1.82) is 0 Å². The van der Waals surface area contributed by atoms with Crippen LogP contribution in [0.3, 0.4) is 0 Å². The van der Waals surface area contributed by atoms with Gasteiger partial charge >= 0.3 is 0 Å². The van der Waals surface area contributed by atoms with Gasteiger partial charge in [-0.3, -0.25) is 0 Å². The van der Waals surface area contributed by atoms with Crippen LogP contribution in [0, 0.1) is 18.3 Å². The van der Waals surface area contributed by atoms with E-state index < -0.39 is 0 Å². The van der Waals surface area contributed by atoms with Crippen molar-refractivity contribution in [1.82, 2.24) is 0 Å². The molecule has 0 N–H and O–H groups in total. The van der Waals surface area contributed by atoms with Gasteiger partial charge in [-0.1, -0.05) is 33.1 Å². The molecule has 0 amide bonds. The Morgan fingerprint density at radius 3 is 2.78 bits per heavy atom. The molecule has 0 aromatic carbocycles. The van der Waals surface area contributed by atoms with E-state index in [1.165, 1.54) is 25.7 Å². The van der Waals surface area contributed by atoms with Crippen LogP contribution >= 0.6 is 0 Å².